The molecule has 0 spiro atoms. The second-order valence-corrected chi connectivity index (χ2v) is 6.95. The van der Waals surface area contributed by atoms with Gasteiger partial charge in [-0.1, -0.05) is 32.0 Å². The molecule has 0 saturated heterocycles. The highest BCUT2D eigenvalue weighted by Gasteiger charge is 2.19. The second kappa shape index (κ2) is 10.3. The van der Waals surface area contributed by atoms with Gasteiger partial charge in [-0.3, -0.25) is 0 Å². The molecule has 0 unspecified atom stereocenters. The third-order valence-corrected chi connectivity index (χ3v) is 4.54. The number of nitrogens with zero attached hydrogens (tertiary/aromatic N) is 1. The lowest BCUT2D eigenvalue weighted by Gasteiger charge is -2.27. The van der Waals surface area contributed by atoms with Crippen molar-refractivity contribution in [3.8, 4) is 5.75 Å². The van der Waals surface area contributed by atoms with Crippen LogP contribution in [0.25, 0.3) is 0 Å². The summed E-state index contributed by atoms with van der Waals surface area (Å²) in [4.78, 5) is 4.62. The molecule has 2 rings (SSSR count). The second-order valence-electron chi connectivity index (χ2n) is 6.95. The van der Waals surface area contributed by atoms with E-state index in [9.17, 15) is 5.11 Å². The first-order valence-corrected chi connectivity index (χ1v) is 9.54. The molecule has 1 aromatic carbocycles. The van der Waals surface area contributed by atoms with E-state index >= 15 is 0 Å². The van der Waals surface area contributed by atoms with E-state index in [1.807, 2.05) is 12.1 Å². The van der Waals surface area contributed by atoms with Crippen molar-refractivity contribution in [1.29, 1.82) is 0 Å². The van der Waals surface area contributed by atoms with E-state index < -0.39 is 0 Å². The van der Waals surface area contributed by atoms with Crippen molar-refractivity contribution in [2.45, 2.75) is 64.5 Å². The largest absolute Gasteiger partial charge is 0.491 e. The van der Waals surface area contributed by atoms with Gasteiger partial charge in [0.25, 0.3) is 0 Å². The summed E-state index contributed by atoms with van der Waals surface area (Å²) in [5.74, 6) is 2.23. The Kier molecular flexibility index (Phi) is 8.06. The number of para-hydroxylation sites is 1. The summed E-state index contributed by atoms with van der Waals surface area (Å²) in [6.45, 7) is 8.42. The fourth-order valence-electron chi connectivity index (χ4n) is 3.14. The van der Waals surface area contributed by atoms with Crippen LogP contribution in [0.3, 0.4) is 0 Å². The summed E-state index contributed by atoms with van der Waals surface area (Å²) in [6, 6.07) is 8.59. The third kappa shape index (κ3) is 6.58. The maximum Gasteiger partial charge on any atom is 0.191 e. The van der Waals surface area contributed by atoms with Crippen LogP contribution < -0.4 is 15.4 Å². The molecule has 0 heterocycles. The van der Waals surface area contributed by atoms with Gasteiger partial charge in [0, 0.05) is 12.6 Å². The Morgan fingerprint density at radius 1 is 1.24 bits per heavy atom. The lowest BCUT2D eigenvalue weighted by atomic mass is 9.93. The average molecular weight is 348 g/mol. The fourth-order valence-corrected chi connectivity index (χ4v) is 3.14. The van der Waals surface area contributed by atoms with Crippen LogP contribution in [0.1, 0.15) is 57.9 Å². The van der Waals surface area contributed by atoms with Crippen molar-refractivity contribution in [3.63, 3.8) is 0 Å². The number of guanidine groups is 1. The lowest BCUT2D eigenvalue weighted by molar-refractivity contribution is 0.120. The molecule has 1 aromatic rings. The fraction of sp³-hybridized carbons (Fsp3) is 0.650. The summed E-state index contributed by atoms with van der Waals surface area (Å²) < 4.78 is 5.94. The van der Waals surface area contributed by atoms with Crippen LogP contribution in [-0.2, 0) is 0 Å². The molecule has 0 aromatic heterocycles. The van der Waals surface area contributed by atoms with E-state index in [0.29, 0.717) is 25.1 Å². The number of rotatable bonds is 7. The first-order chi connectivity index (χ1) is 12.1. The first-order valence-electron chi connectivity index (χ1n) is 9.54. The molecule has 140 valence electrons. The standard InChI is InChI=1S/C20H33N3O2/c1-4-21-20(23-16-9-11-17(24)12-10-16)22-13-14-25-19-8-6-5-7-18(19)15(2)3/h5-8,15-17,24H,4,9-14H2,1-3H3,(H2,21,22,23). The predicted octanol–water partition coefficient (Wildman–Crippen LogP) is 3.05. The topological polar surface area (TPSA) is 65.9 Å². The molecule has 5 heteroatoms. The summed E-state index contributed by atoms with van der Waals surface area (Å²) in [7, 11) is 0. The van der Waals surface area contributed by atoms with E-state index in [0.717, 1.165) is 43.9 Å². The SMILES string of the molecule is CCNC(=NCCOc1ccccc1C(C)C)NC1CCC(O)CC1. The summed E-state index contributed by atoms with van der Waals surface area (Å²) in [6.07, 6.45) is 3.58. The number of nitrogens with one attached hydrogen (secondary N) is 2. The summed E-state index contributed by atoms with van der Waals surface area (Å²) >= 11 is 0. The molecule has 3 N–H and O–H groups in total. The van der Waals surface area contributed by atoms with Crippen LogP contribution in [0.15, 0.2) is 29.3 Å². The van der Waals surface area contributed by atoms with Gasteiger partial charge >= 0.3 is 0 Å². The van der Waals surface area contributed by atoms with Gasteiger partial charge in [0.2, 0.25) is 0 Å². The molecule has 1 aliphatic carbocycles. The Bertz CT molecular complexity index is 537. The smallest absolute Gasteiger partial charge is 0.191 e. The summed E-state index contributed by atoms with van der Waals surface area (Å²) in [5.41, 5.74) is 1.23. The van der Waals surface area contributed by atoms with Crippen molar-refractivity contribution < 1.29 is 9.84 Å². The molecule has 1 fully saturated rings. The van der Waals surface area contributed by atoms with Crippen LogP contribution >= 0.6 is 0 Å². The van der Waals surface area contributed by atoms with Crippen molar-refractivity contribution >= 4 is 5.96 Å². The molecule has 0 amide bonds. The Morgan fingerprint density at radius 2 is 1.96 bits per heavy atom. The maximum absolute atomic E-state index is 9.62. The number of hydrogen-bond donors (Lipinski definition) is 3. The molecule has 25 heavy (non-hydrogen) atoms. The van der Waals surface area contributed by atoms with Gasteiger partial charge in [0.1, 0.15) is 12.4 Å². The van der Waals surface area contributed by atoms with E-state index in [-0.39, 0.29) is 6.10 Å². The van der Waals surface area contributed by atoms with Crippen LogP contribution in [0, 0.1) is 0 Å². The maximum atomic E-state index is 9.62. The number of aliphatic hydroxyl groups is 1. The molecule has 5 nitrogen and oxygen atoms in total. The van der Waals surface area contributed by atoms with Crippen molar-refractivity contribution in [3.05, 3.63) is 29.8 Å². The Labute approximate surface area is 151 Å². The van der Waals surface area contributed by atoms with E-state index in [1.165, 1.54) is 5.56 Å². The van der Waals surface area contributed by atoms with Crippen molar-refractivity contribution in [2.75, 3.05) is 19.7 Å². The zero-order valence-electron chi connectivity index (χ0n) is 15.8. The Hall–Kier alpha value is -1.75. The van der Waals surface area contributed by atoms with Crippen LogP contribution in [0.2, 0.25) is 0 Å². The number of aliphatic hydroxyl groups excluding tert-OH is 1. The van der Waals surface area contributed by atoms with Crippen LogP contribution in [0.5, 0.6) is 5.75 Å². The Morgan fingerprint density at radius 3 is 2.64 bits per heavy atom. The van der Waals surface area contributed by atoms with Crippen LogP contribution in [-0.4, -0.2) is 42.9 Å². The zero-order chi connectivity index (χ0) is 18.1. The van der Waals surface area contributed by atoms with Gasteiger partial charge < -0.3 is 20.5 Å². The molecule has 0 atom stereocenters. The van der Waals surface area contributed by atoms with E-state index in [2.05, 4.69) is 48.5 Å². The molecule has 0 bridgehead atoms. The third-order valence-electron chi connectivity index (χ3n) is 4.54. The first kappa shape index (κ1) is 19.6. The normalized spacial score (nSPS) is 21.2. The summed E-state index contributed by atoms with van der Waals surface area (Å²) in [5, 5.41) is 16.4. The zero-order valence-corrected chi connectivity index (χ0v) is 15.8. The lowest BCUT2D eigenvalue weighted by Crippen LogP contribution is -2.45. The minimum absolute atomic E-state index is 0.132. The molecule has 1 saturated carbocycles. The quantitative estimate of drug-likeness (QED) is 0.403. The molecule has 0 aliphatic heterocycles. The Balaban J connectivity index is 1.83. The van der Waals surface area contributed by atoms with E-state index in [4.69, 9.17) is 4.74 Å². The molecule has 0 radical (unpaired) electrons. The van der Waals surface area contributed by atoms with Crippen molar-refractivity contribution in [1.82, 2.24) is 10.6 Å². The number of ether oxygens (including phenoxy) is 1. The number of benzene rings is 1. The average Bonchev–Trinajstić information content (AvgIpc) is 2.61. The predicted molar refractivity (Wildman–Crippen MR) is 103 cm³/mol. The van der Waals surface area contributed by atoms with Gasteiger partial charge in [0.15, 0.2) is 5.96 Å². The van der Waals surface area contributed by atoms with Gasteiger partial charge in [-0.2, -0.15) is 0 Å². The minimum Gasteiger partial charge on any atom is -0.491 e. The van der Waals surface area contributed by atoms with Gasteiger partial charge in [-0.05, 0) is 50.2 Å². The number of aliphatic imine (C=N–C) groups is 1. The minimum atomic E-state index is -0.132. The van der Waals surface area contributed by atoms with Crippen LogP contribution in [0.4, 0.5) is 0 Å². The number of hydrogen-bond acceptors (Lipinski definition) is 3. The molecule has 1 aliphatic rings. The highest BCUT2D eigenvalue weighted by molar-refractivity contribution is 5.80. The van der Waals surface area contributed by atoms with Gasteiger partial charge in [-0.25, -0.2) is 4.99 Å². The molecular formula is C20H33N3O2. The van der Waals surface area contributed by atoms with E-state index in [1.54, 1.807) is 0 Å². The van der Waals surface area contributed by atoms with Gasteiger partial charge in [0.05, 0.1) is 12.6 Å². The highest BCUT2D eigenvalue weighted by atomic mass is 16.5. The highest BCUT2D eigenvalue weighted by Crippen LogP contribution is 2.25. The van der Waals surface area contributed by atoms with Crippen molar-refractivity contribution in [2.24, 2.45) is 4.99 Å². The van der Waals surface area contributed by atoms with Gasteiger partial charge in [-0.15, -0.1) is 0 Å². The molecular weight excluding hydrogens is 314 g/mol. The monoisotopic (exact) mass is 347 g/mol.